The van der Waals surface area contributed by atoms with Gasteiger partial charge in [0, 0.05) is 39.3 Å². The van der Waals surface area contributed by atoms with Crippen LogP contribution in [0.1, 0.15) is 45.7 Å². The number of halogens is 2. The summed E-state index contributed by atoms with van der Waals surface area (Å²) in [6.45, 7) is 6.62. The molecule has 0 saturated heterocycles. The van der Waals surface area contributed by atoms with E-state index in [9.17, 15) is 4.79 Å². The van der Waals surface area contributed by atoms with Gasteiger partial charge in [-0.2, -0.15) is 0 Å². The van der Waals surface area contributed by atoms with Crippen molar-refractivity contribution in [1.29, 1.82) is 0 Å². The molecule has 0 bridgehead atoms. The number of thiophene rings is 1. The predicted octanol–water partition coefficient (Wildman–Crippen LogP) is 4.13. The Morgan fingerprint density at radius 1 is 1.23 bits per heavy atom. The Morgan fingerprint density at radius 2 is 1.94 bits per heavy atom. The fourth-order valence-corrected chi connectivity index (χ4v) is 5.14. The SMILES string of the molecule is Cc1sc2c(c1C)C(c1ccc(Cl)cc1)=N[C@@H](CC(=O)N(Cl)CCN)c1nnc(C)n1-2. The van der Waals surface area contributed by atoms with Crippen molar-refractivity contribution >= 4 is 46.3 Å². The van der Waals surface area contributed by atoms with Crippen LogP contribution >= 0.6 is 34.7 Å². The summed E-state index contributed by atoms with van der Waals surface area (Å²) in [5.41, 5.74) is 9.43. The van der Waals surface area contributed by atoms with Gasteiger partial charge < -0.3 is 5.73 Å². The number of nitrogens with zero attached hydrogens (tertiary/aromatic N) is 5. The maximum Gasteiger partial charge on any atom is 0.239 e. The number of carbonyl (C=O) groups is 1. The second-order valence-electron chi connectivity index (χ2n) is 7.38. The summed E-state index contributed by atoms with van der Waals surface area (Å²) in [4.78, 5) is 19.0. The highest BCUT2D eigenvalue weighted by molar-refractivity contribution is 7.15. The third-order valence-electron chi connectivity index (χ3n) is 5.32. The van der Waals surface area contributed by atoms with Crippen molar-refractivity contribution in [2.24, 2.45) is 10.7 Å². The molecule has 10 heteroatoms. The van der Waals surface area contributed by atoms with E-state index in [1.165, 1.54) is 4.88 Å². The van der Waals surface area contributed by atoms with Crippen molar-refractivity contribution in [3.05, 3.63) is 62.5 Å². The lowest BCUT2D eigenvalue weighted by molar-refractivity contribution is -0.126. The molecule has 1 amide bonds. The Labute approximate surface area is 194 Å². The molecule has 1 atom stereocenters. The number of nitrogens with two attached hydrogens (primary N) is 1. The molecule has 31 heavy (non-hydrogen) atoms. The Bertz CT molecular complexity index is 1170. The number of carbonyl (C=O) groups excluding carboxylic acids is 1. The number of fused-ring (bicyclic) bond motifs is 3. The van der Waals surface area contributed by atoms with Gasteiger partial charge in [-0.25, -0.2) is 0 Å². The van der Waals surface area contributed by atoms with Gasteiger partial charge >= 0.3 is 0 Å². The van der Waals surface area contributed by atoms with Crippen molar-refractivity contribution in [2.45, 2.75) is 33.2 Å². The lowest BCUT2D eigenvalue weighted by atomic mass is 9.99. The maximum absolute atomic E-state index is 12.7. The smallest absolute Gasteiger partial charge is 0.239 e. The number of benzene rings is 1. The molecular formula is C21H22Cl2N6OS. The van der Waals surface area contributed by atoms with Crippen LogP contribution in [0.5, 0.6) is 0 Å². The minimum atomic E-state index is -0.544. The van der Waals surface area contributed by atoms with Crippen LogP contribution in [0.2, 0.25) is 5.02 Å². The van der Waals surface area contributed by atoms with Crippen LogP contribution in [0.4, 0.5) is 0 Å². The van der Waals surface area contributed by atoms with E-state index in [2.05, 4.69) is 24.0 Å². The lowest BCUT2D eigenvalue weighted by Crippen LogP contribution is -2.28. The van der Waals surface area contributed by atoms with E-state index in [1.54, 1.807) is 11.3 Å². The number of aryl methyl sites for hydroxylation is 2. The van der Waals surface area contributed by atoms with Crippen molar-refractivity contribution < 1.29 is 4.79 Å². The van der Waals surface area contributed by atoms with E-state index < -0.39 is 6.04 Å². The van der Waals surface area contributed by atoms with E-state index >= 15 is 0 Å². The summed E-state index contributed by atoms with van der Waals surface area (Å²) < 4.78 is 3.12. The molecule has 1 aliphatic rings. The molecule has 7 nitrogen and oxygen atoms in total. The molecule has 0 radical (unpaired) electrons. The molecule has 2 N–H and O–H groups in total. The second-order valence-corrected chi connectivity index (χ2v) is 9.42. The minimum Gasteiger partial charge on any atom is -0.329 e. The van der Waals surface area contributed by atoms with E-state index in [1.807, 2.05) is 35.8 Å². The van der Waals surface area contributed by atoms with Gasteiger partial charge in [-0.15, -0.1) is 21.5 Å². The van der Waals surface area contributed by atoms with Crippen LogP contribution in [-0.4, -0.2) is 43.9 Å². The number of aromatic nitrogens is 3. The average Bonchev–Trinajstić information content (AvgIpc) is 3.21. The summed E-state index contributed by atoms with van der Waals surface area (Å²) in [6.07, 6.45) is 0.0612. The van der Waals surface area contributed by atoms with Crippen molar-refractivity contribution in [3.63, 3.8) is 0 Å². The monoisotopic (exact) mass is 476 g/mol. The number of hydrogen-bond donors (Lipinski definition) is 1. The normalized spacial score (nSPS) is 15.2. The molecule has 3 aromatic rings. The largest absolute Gasteiger partial charge is 0.329 e. The summed E-state index contributed by atoms with van der Waals surface area (Å²) in [5.74, 6) is 1.10. The van der Waals surface area contributed by atoms with Gasteiger partial charge in [-0.05, 0) is 38.5 Å². The first-order valence-electron chi connectivity index (χ1n) is 9.84. The molecule has 0 unspecified atom stereocenters. The number of hydrogen-bond acceptors (Lipinski definition) is 6. The third kappa shape index (κ3) is 4.01. The molecule has 0 fully saturated rings. The number of aliphatic imine (C=N–C) groups is 1. The number of amides is 1. The quantitative estimate of drug-likeness (QED) is 0.560. The highest BCUT2D eigenvalue weighted by Gasteiger charge is 2.33. The van der Waals surface area contributed by atoms with E-state index in [0.717, 1.165) is 37.6 Å². The Kier molecular flexibility index (Phi) is 6.16. The van der Waals surface area contributed by atoms with E-state index in [0.29, 0.717) is 10.8 Å². The fourth-order valence-electron chi connectivity index (χ4n) is 3.64. The topological polar surface area (TPSA) is 89.4 Å². The standard InChI is InChI=1S/C21H22Cl2N6OS/c1-11-12(2)31-21-18(11)19(14-4-6-15(22)7-5-14)25-16(10-17(30)28(23)9-8-24)20-27-26-13(3)29(20)21/h4-7,16H,8-10,24H2,1-3H3/t16-/m0/s1. The molecule has 0 spiro atoms. The molecule has 2 aromatic heterocycles. The first-order valence-corrected chi connectivity index (χ1v) is 11.4. The third-order valence-corrected chi connectivity index (χ3v) is 7.12. The van der Waals surface area contributed by atoms with Crippen LogP contribution in [0.3, 0.4) is 0 Å². The minimum absolute atomic E-state index is 0.0612. The summed E-state index contributed by atoms with van der Waals surface area (Å²) in [5, 5.41) is 10.3. The average molecular weight is 477 g/mol. The van der Waals surface area contributed by atoms with Gasteiger partial charge in [-0.3, -0.25) is 18.8 Å². The lowest BCUT2D eigenvalue weighted by Gasteiger charge is -2.16. The molecular weight excluding hydrogens is 455 g/mol. The summed E-state index contributed by atoms with van der Waals surface area (Å²) in [7, 11) is 0. The van der Waals surface area contributed by atoms with Gasteiger partial charge in [0.2, 0.25) is 5.91 Å². The van der Waals surface area contributed by atoms with Crippen LogP contribution in [0.25, 0.3) is 5.00 Å². The molecule has 1 aliphatic heterocycles. The fraction of sp³-hybridized carbons (Fsp3) is 0.333. The first kappa shape index (κ1) is 22.0. The number of rotatable bonds is 5. The zero-order valence-electron chi connectivity index (χ0n) is 17.4. The Hall–Kier alpha value is -2.26. The van der Waals surface area contributed by atoms with Gasteiger partial charge in [0.05, 0.1) is 18.7 Å². The van der Waals surface area contributed by atoms with Crippen molar-refractivity contribution in [3.8, 4) is 5.00 Å². The van der Waals surface area contributed by atoms with Gasteiger partial charge in [0.15, 0.2) is 5.82 Å². The maximum atomic E-state index is 12.7. The second kappa shape index (κ2) is 8.70. The highest BCUT2D eigenvalue weighted by Crippen LogP contribution is 2.39. The van der Waals surface area contributed by atoms with Crippen molar-refractivity contribution in [2.75, 3.05) is 13.1 Å². The van der Waals surface area contributed by atoms with E-state index in [-0.39, 0.29) is 25.4 Å². The van der Waals surface area contributed by atoms with Gasteiger partial charge in [0.1, 0.15) is 16.9 Å². The van der Waals surface area contributed by atoms with Gasteiger partial charge in [0.25, 0.3) is 0 Å². The highest BCUT2D eigenvalue weighted by atomic mass is 35.5. The first-order chi connectivity index (χ1) is 14.8. The van der Waals surface area contributed by atoms with Crippen LogP contribution in [0, 0.1) is 20.8 Å². The summed E-state index contributed by atoms with van der Waals surface area (Å²) >= 11 is 13.9. The summed E-state index contributed by atoms with van der Waals surface area (Å²) in [6, 6.07) is 7.02. The van der Waals surface area contributed by atoms with Crippen LogP contribution in [0.15, 0.2) is 29.3 Å². The molecule has 1 aromatic carbocycles. The van der Waals surface area contributed by atoms with Crippen molar-refractivity contribution in [1.82, 2.24) is 19.2 Å². The molecule has 4 rings (SSSR count). The van der Waals surface area contributed by atoms with Crippen LogP contribution in [-0.2, 0) is 4.79 Å². The van der Waals surface area contributed by atoms with Crippen LogP contribution < -0.4 is 5.73 Å². The zero-order chi connectivity index (χ0) is 22.3. The molecule has 162 valence electrons. The predicted molar refractivity (Wildman–Crippen MR) is 125 cm³/mol. The molecule has 3 heterocycles. The molecule has 0 saturated carbocycles. The van der Waals surface area contributed by atoms with E-state index in [4.69, 9.17) is 34.1 Å². The Balaban J connectivity index is 1.91. The van der Waals surface area contributed by atoms with Gasteiger partial charge in [-0.1, -0.05) is 23.7 Å². The zero-order valence-corrected chi connectivity index (χ0v) is 19.7. The molecule has 0 aliphatic carbocycles. The Morgan fingerprint density at radius 3 is 2.61 bits per heavy atom.